The summed E-state index contributed by atoms with van der Waals surface area (Å²) in [7, 11) is 0. The molecule has 6 heteroatoms. The van der Waals surface area contributed by atoms with Gasteiger partial charge in [-0.2, -0.15) is 0 Å². The minimum atomic E-state index is -0.294. The van der Waals surface area contributed by atoms with Crippen LogP contribution in [-0.4, -0.2) is 22.4 Å². The Labute approximate surface area is 145 Å². The number of amides is 1. The van der Waals surface area contributed by atoms with Crippen molar-refractivity contribution in [2.75, 3.05) is 11.9 Å². The Kier molecular flexibility index (Phi) is 5.21. The highest BCUT2D eigenvalue weighted by Gasteiger charge is 2.13. The molecule has 0 spiro atoms. The van der Waals surface area contributed by atoms with Gasteiger partial charge in [0.15, 0.2) is 5.82 Å². The van der Waals surface area contributed by atoms with Gasteiger partial charge in [0.2, 0.25) is 0 Å². The molecular formula is C19H18N4O2. The van der Waals surface area contributed by atoms with Gasteiger partial charge in [-0.3, -0.25) is 4.79 Å². The molecular weight excluding hydrogens is 316 g/mol. The number of aromatic nitrogens is 2. The Morgan fingerprint density at radius 1 is 1.16 bits per heavy atom. The van der Waals surface area contributed by atoms with Crippen molar-refractivity contribution in [3.8, 4) is 11.4 Å². The van der Waals surface area contributed by atoms with Gasteiger partial charge >= 0.3 is 0 Å². The van der Waals surface area contributed by atoms with Crippen LogP contribution in [0, 0.1) is 0 Å². The number of carbonyl (C=O) groups excluding carboxylic acids is 1. The van der Waals surface area contributed by atoms with Crippen molar-refractivity contribution in [3.63, 3.8) is 0 Å². The van der Waals surface area contributed by atoms with E-state index in [2.05, 4.69) is 27.2 Å². The van der Waals surface area contributed by atoms with Crippen molar-refractivity contribution >= 4 is 11.7 Å². The first-order valence-electron chi connectivity index (χ1n) is 7.86. The van der Waals surface area contributed by atoms with Gasteiger partial charge in [-0.25, -0.2) is 9.97 Å². The zero-order valence-corrected chi connectivity index (χ0v) is 13.6. The van der Waals surface area contributed by atoms with Crippen LogP contribution in [0.15, 0.2) is 71.9 Å². The van der Waals surface area contributed by atoms with Crippen LogP contribution in [0.1, 0.15) is 16.2 Å². The number of hydrogen-bond donors (Lipinski definition) is 2. The van der Waals surface area contributed by atoms with Crippen molar-refractivity contribution in [1.82, 2.24) is 15.3 Å². The van der Waals surface area contributed by atoms with E-state index >= 15 is 0 Å². The molecule has 1 aromatic carbocycles. The maximum atomic E-state index is 12.5. The SMILES string of the molecule is C=CCNc1cc(C(=O)NCc2ccco2)nc(-c2ccccc2)n1. The van der Waals surface area contributed by atoms with Gasteiger partial charge in [0.25, 0.3) is 5.91 Å². The molecule has 0 fully saturated rings. The topological polar surface area (TPSA) is 80.0 Å². The molecule has 0 aliphatic carbocycles. The summed E-state index contributed by atoms with van der Waals surface area (Å²) in [5.74, 6) is 1.43. The van der Waals surface area contributed by atoms with Crippen LogP contribution < -0.4 is 10.6 Å². The zero-order valence-electron chi connectivity index (χ0n) is 13.6. The molecule has 3 rings (SSSR count). The molecule has 3 aromatic rings. The van der Waals surface area contributed by atoms with Gasteiger partial charge in [-0.15, -0.1) is 6.58 Å². The molecule has 6 nitrogen and oxygen atoms in total. The van der Waals surface area contributed by atoms with E-state index in [1.165, 1.54) is 0 Å². The molecule has 2 aromatic heterocycles. The van der Waals surface area contributed by atoms with Crippen molar-refractivity contribution in [2.24, 2.45) is 0 Å². The average Bonchev–Trinajstić information content (AvgIpc) is 3.18. The van der Waals surface area contributed by atoms with Crippen LogP contribution in [0.5, 0.6) is 0 Å². The summed E-state index contributed by atoms with van der Waals surface area (Å²) >= 11 is 0. The van der Waals surface area contributed by atoms with Gasteiger partial charge in [-0.1, -0.05) is 36.4 Å². The van der Waals surface area contributed by atoms with Crippen molar-refractivity contribution in [2.45, 2.75) is 6.54 Å². The van der Waals surface area contributed by atoms with Crippen LogP contribution in [-0.2, 0) is 6.54 Å². The van der Waals surface area contributed by atoms with E-state index in [1.54, 1.807) is 30.5 Å². The van der Waals surface area contributed by atoms with E-state index in [0.29, 0.717) is 30.5 Å². The largest absolute Gasteiger partial charge is 0.467 e. The van der Waals surface area contributed by atoms with E-state index in [-0.39, 0.29) is 11.6 Å². The summed E-state index contributed by atoms with van der Waals surface area (Å²) in [4.78, 5) is 21.3. The molecule has 0 saturated heterocycles. The molecule has 0 radical (unpaired) electrons. The predicted octanol–water partition coefficient (Wildman–Crippen LogP) is 3.26. The molecule has 126 valence electrons. The molecule has 1 amide bonds. The van der Waals surface area contributed by atoms with Crippen LogP contribution in [0.2, 0.25) is 0 Å². The first kappa shape index (κ1) is 16.4. The lowest BCUT2D eigenvalue weighted by Gasteiger charge is -2.09. The molecule has 0 bridgehead atoms. The van der Waals surface area contributed by atoms with E-state index in [0.717, 1.165) is 5.56 Å². The third kappa shape index (κ3) is 4.32. The summed E-state index contributed by atoms with van der Waals surface area (Å²) in [5, 5.41) is 5.89. The molecule has 0 aliphatic rings. The van der Waals surface area contributed by atoms with E-state index < -0.39 is 0 Å². The van der Waals surface area contributed by atoms with E-state index in [1.807, 2.05) is 30.3 Å². The van der Waals surface area contributed by atoms with Crippen molar-refractivity contribution in [3.05, 3.63) is 78.9 Å². The molecule has 0 aliphatic heterocycles. The number of nitrogens with one attached hydrogen (secondary N) is 2. The van der Waals surface area contributed by atoms with Crippen LogP contribution in [0.3, 0.4) is 0 Å². The second kappa shape index (κ2) is 7.92. The minimum absolute atomic E-state index is 0.284. The Morgan fingerprint density at radius 2 is 2.00 bits per heavy atom. The molecule has 2 heterocycles. The monoisotopic (exact) mass is 334 g/mol. The van der Waals surface area contributed by atoms with Crippen LogP contribution >= 0.6 is 0 Å². The number of hydrogen-bond acceptors (Lipinski definition) is 5. The van der Waals surface area contributed by atoms with Gasteiger partial charge in [0.05, 0.1) is 12.8 Å². The summed E-state index contributed by atoms with van der Waals surface area (Å²) in [6.45, 7) is 4.51. The minimum Gasteiger partial charge on any atom is -0.467 e. The average molecular weight is 334 g/mol. The first-order chi connectivity index (χ1) is 12.3. The lowest BCUT2D eigenvalue weighted by molar-refractivity contribution is 0.0943. The molecule has 0 saturated carbocycles. The summed E-state index contributed by atoms with van der Waals surface area (Å²) in [6, 6.07) is 14.7. The van der Waals surface area contributed by atoms with Gasteiger partial charge in [0.1, 0.15) is 17.3 Å². The lowest BCUT2D eigenvalue weighted by atomic mass is 10.2. The van der Waals surface area contributed by atoms with E-state index in [4.69, 9.17) is 4.42 Å². The number of furan rings is 1. The Bertz CT molecular complexity index is 845. The quantitative estimate of drug-likeness (QED) is 0.648. The van der Waals surface area contributed by atoms with Gasteiger partial charge in [0, 0.05) is 18.2 Å². The van der Waals surface area contributed by atoms with E-state index in [9.17, 15) is 4.79 Å². The number of benzene rings is 1. The summed E-state index contributed by atoms with van der Waals surface area (Å²) < 4.78 is 5.22. The van der Waals surface area contributed by atoms with Crippen LogP contribution in [0.25, 0.3) is 11.4 Å². The zero-order chi connectivity index (χ0) is 17.5. The first-order valence-corrected chi connectivity index (χ1v) is 7.86. The van der Waals surface area contributed by atoms with Crippen molar-refractivity contribution < 1.29 is 9.21 Å². The number of rotatable bonds is 7. The van der Waals surface area contributed by atoms with Gasteiger partial charge in [-0.05, 0) is 12.1 Å². The number of anilines is 1. The Hall–Kier alpha value is -3.41. The normalized spacial score (nSPS) is 10.2. The molecule has 25 heavy (non-hydrogen) atoms. The second-order valence-electron chi connectivity index (χ2n) is 5.26. The highest BCUT2D eigenvalue weighted by atomic mass is 16.3. The smallest absolute Gasteiger partial charge is 0.270 e. The summed E-state index contributed by atoms with van der Waals surface area (Å²) in [5.41, 5.74) is 1.12. The third-order valence-electron chi connectivity index (χ3n) is 3.42. The van der Waals surface area contributed by atoms with Crippen molar-refractivity contribution in [1.29, 1.82) is 0 Å². The number of carbonyl (C=O) groups is 1. The summed E-state index contributed by atoms with van der Waals surface area (Å²) in [6.07, 6.45) is 3.29. The second-order valence-corrected chi connectivity index (χ2v) is 5.26. The highest BCUT2D eigenvalue weighted by Crippen LogP contribution is 2.18. The highest BCUT2D eigenvalue weighted by molar-refractivity contribution is 5.93. The molecule has 2 N–H and O–H groups in total. The predicted molar refractivity (Wildman–Crippen MR) is 96.0 cm³/mol. The maximum Gasteiger partial charge on any atom is 0.270 e. The fourth-order valence-corrected chi connectivity index (χ4v) is 2.22. The fraction of sp³-hybridized carbons (Fsp3) is 0.105. The van der Waals surface area contributed by atoms with Gasteiger partial charge < -0.3 is 15.1 Å². The fourth-order valence-electron chi connectivity index (χ4n) is 2.22. The third-order valence-corrected chi connectivity index (χ3v) is 3.42. The lowest BCUT2D eigenvalue weighted by Crippen LogP contribution is -2.24. The maximum absolute atomic E-state index is 12.5. The molecule has 0 unspecified atom stereocenters. The Morgan fingerprint density at radius 3 is 2.72 bits per heavy atom. The Balaban J connectivity index is 1.85. The number of nitrogens with zero attached hydrogens (tertiary/aromatic N) is 2. The van der Waals surface area contributed by atoms with Crippen LogP contribution in [0.4, 0.5) is 5.82 Å². The standard InChI is InChI=1S/C19H18N4O2/c1-2-10-20-17-12-16(19(24)21-13-15-9-6-11-25-15)22-18(23-17)14-7-4-3-5-8-14/h2-9,11-12H,1,10,13H2,(H,21,24)(H,20,22,23). The molecule has 0 atom stereocenters.